The molecule has 158 valence electrons. The predicted molar refractivity (Wildman–Crippen MR) is 115 cm³/mol. The summed E-state index contributed by atoms with van der Waals surface area (Å²) >= 11 is 0. The number of rotatable bonds is 8. The number of ether oxygens (including phenoxy) is 1. The molecule has 1 amide bonds. The van der Waals surface area contributed by atoms with Crippen molar-refractivity contribution in [3.63, 3.8) is 0 Å². The van der Waals surface area contributed by atoms with Gasteiger partial charge in [-0.25, -0.2) is 4.79 Å². The lowest BCUT2D eigenvalue weighted by Crippen LogP contribution is -2.46. The fourth-order valence-corrected chi connectivity index (χ4v) is 3.72. The molecular weight excluding hydrogens is 378 g/mol. The van der Waals surface area contributed by atoms with Gasteiger partial charge in [-0.05, 0) is 54.4 Å². The largest absolute Gasteiger partial charge is 0.456 e. The van der Waals surface area contributed by atoms with E-state index in [2.05, 4.69) is 5.32 Å². The van der Waals surface area contributed by atoms with Crippen molar-refractivity contribution in [2.45, 2.75) is 52.0 Å². The van der Waals surface area contributed by atoms with Gasteiger partial charge in [0, 0.05) is 5.56 Å². The van der Waals surface area contributed by atoms with Crippen molar-refractivity contribution < 1.29 is 19.1 Å². The number of nitrogens with one attached hydrogen (secondary N) is 1. The van der Waals surface area contributed by atoms with E-state index in [0.29, 0.717) is 5.56 Å². The van der Waals surface area contributed by atoms with E-state index >= 15 is 0 Å². The average molecular weight is 408 g/mol. The summed E-state index contributed by atoms with van der Waals surface area (Å²) in [5.74, 6) is -1.22. The Bertz CT molecular complexity index is 905. The zero-order chi connectivity index (χ0) is 21.5. The minimum Gasteiger partial charge on any atom is -0.456 e. The van der Waals surface area contributed by atoms with Gasteiger partial charge in [0.1, 0.15) is 6.04 Å². The molecule has 30 heavy (non-hydrogen) atoms. The van der Waals surface area contributed by atoms with E-state index in [0.717, 1.165) is 24.8 Å². The van der Waals surface area contributed by atoms with Crippen molar-refractivity contribution in [2.75, 3.05) is 6.61 Å². The van der Waals surface area contributed by atoms with Gasteiger partial charge in [-0.1, -0.05) is 56.3 Å². The number of Topliss-reactive ketones (excluding diaryl/α,β-unsaturated/α-hetero) is 1. The number of amides is 1. The fraction of sp³-hybridized carbons (Fsp3) is 0.400. The van der Waals surface area contributed by atoms with Crippen LogP contribution in [-0.4, -0.2) is 30.3 Å². The molecule has 2 aromatic carbocycles. The average Bonchev–Trinajstić information content (AvgIpc) is 2.75. The van der Waals surface area contributed by atoms with Crippen molar-refractivity contribution in [3.05, 3.63) is 70.8 Å². The van der Waals surface area contributed by atoms with Crippen molar-refractivity contribution in [2.24, 2.45) is 5.92 Å². The summed E-state index contributed by atoms with van der Waals surface area (Å²) in [6.45, 7) is 3.34. The Labute approximate surface area is 177 Å². The maximum Gasteiger partial charge on any atom is 0.329 e. The van der Waals surface area contributed by atoms with Crippen LogP contribution < -0.4 is 5.32 Å². The Morgan fingerprint density at radius 1 is 0.967 bits per heavy atom. The molecule has 0 bridgehead atoms. The van der Waals surface area contributed by atoms with Gasteiger partial charge >= 0.3 is 5.97 Å². The highest BCUT2D eigenvalue weighted by Gasteiger charge is 2.26. The highest BCUT2D eigenvalue weighted by molar-refractivity contribution is 5.98. The standard InChI is InChI=1S/C25H29NO4/c1-17(2)24(26-23(28)14-18-8-4-3-5-9-18)25(29)30-16-22(27)21-13-12-19-10-6-7-11-20(19)15-21/h3-5,8-9,12-13,15,17,24H,6-7,10-11,14,16H2,1-2H3,(H,26,28)/t24-/m0/s1. The molecule has 0 fully saturated rings. The second-order valence-corrected chi connectivity index (χ2v) is 8.17. The van der Waals surface area contributed by atoms with Crippen molar-refractivity contribution >= 4 is 17.7 Å². The molecule has 0 unspecified atom stereocenters. The first-order chi connectivity index (χ1) is 14.4. The zero-order valence-corrected chi connectivity index (χ0v) is 17.6. The van der Waals surface area contributed by atoms with Gasteiger partial charge in [-0.15, -0.1) is 0 Å². The minimum absolute atomic E-state index is 0.156. The molecule has 1 N–H and O–H groups in total. The number of aryl methyl sites for hydroxylation is 2. The van der Waals surface area contributed by atoms with Crippen LogP contribution >= 0.6 is 0 Å². The molecule has 1 aliphatic carbocycles. The smallest absolute Gasteiger partial charge is 0.329 e. The van der Waals surface area contributed by atoms with Gasteiger partial charge in [0.05, 0.1) is 6.42 Å². The first-order valence-corrected chi connectivity index (χ1v) is 10.6. The number of hydrogen-bond acceptors (Lipinski definition) is 4. The van der Waals surface area contributed by atoms with E-state index in [1.807, 2.05) is 62.4 Å². The van der Waals surface area contributed by atoms with Crippen LogP contribution in [0.25, 0.3) is 0 Å². The van der Waals surface area contributed by atoms with Crippen LogP contribution in [0, 0.1) is 5.92 Å². The second-order valence-electron chi connectivity index (χ2n) is 8.17. The quantitative estimate of drug-likeness (QED) is 0.535. The van der Waals surface area contributed by atoms with Crippen LogP contribution in [0.15, 0.2) is 48.5 Å². The lowest BCUT2D eigenvalue weighted by Gasteiger charge is -2.21. The summed E-state index contributed by atoms with van der Waals surface area (Å²) in [5.41, 5.74) is 3.95. The maximum absolute atomic E-state index is 12.6. The van der Waals surface area contributed by atoms with Crippen LogP contribution in [0.3, 0.4) is 0 Å². The minimum atomic E-state index is -0.794. The molecular formula is C25H29NO4. The number of carbonyl (C=O) groups excluding carboxylic acids is 3. The summed E-state index contributed by atoms with van der Waals surface area (Å²) in [4.78, 5) is 37.4. The fourth-order valence-electron chi connectivity index (χ4n) is 3.72. The number of fused-ring (bicyclic) bond motifs is 1. The van der Waals surface area contributed by atoms with Crippen LogP contribution in [-0.2, 0) is 33.6 Å². The third kappa shape index (κ3) is 5.78. The molecule has 0 spiro atoms. The molecule has 1 atom stereocenters. The van der Waals surface area contributed by atoms with E-state index in [9.17, 15) is 14.4 Å². The summed E-state index contributed by atoms with van der Waals surface area (Å²) < 4.78 is 5.27. The van der Waals surface area contributed by atoms with Crippen molar-refractivity contribution in [3.8, 4) is 0 Å². The Morgan fingerprint density at radius 3 is 2.37 bits per heavy atom. The number of carbonyl (C=O) groups is 3. The van der Waals surface area contributed by atoms with Crippen LogP contribution in [0.5, 0.6) is 0 Å². The number of hydrogen-bond donors (Lipinski definition) is 1. The topological polar surface area (TPSA) is 72.5 Å². The Kier molecular flexibility index (Phi) is 7.39. The third-order valence-electron chi connectivity index (χ3n) is 5.46. The van der Waals surface area contributed by atoms with E-state index in [1.165, 1.54) is 17.5 Å². The van der Waals surface area contributed by atoms with E-state index in [-0.39, 0.29) is 30.6 Å². The summed E-state index contributed by atoms with van der Waals surface area (Å²) in [7, 11) is 0. The first kappa shape index (κ1) is 21.8. The number of benzene rings is 2. The number of esters is 1. The van der Waals surface area contributed by atoms with Gasteiger partial charge < -0.3 is 10.1 Å². The van der Waals surface area contributed by atoms with E-state index < -0.39 is 12.0 Å². The molecule has 0 saturated heterocycles. The van der Waals surface area contributed by atoms with Crippen LogP contribution in [0.1, 0.15) is 53.7 Å². The summed E-state index contributed by atoms with van der Waals surface area (Å²) in [5, 5.41) is 2.74. The SMILES string of the molecule is CC(C)[C@H](NC(=O)Cc1ccccc1)C(=O)OCC(=O)c1ccc2c(c1)CCCC2. The maximum atomic E-state index is 12.6. The van der Waals surface area contributed by atoms with Gasteiger partial charge in [0.2, 0.25) is 5.91 Å². The lowest BCUT2D eigenvalue weighted by atomic mass is 9.90. The molecule has 2 aromatic rings. The number of ketones is 1. The van der Waals surface area contributed by atoms with Gasteiger partial charge in [-0.3, -0.25) is 9.59 Å². The molecule has 0 heterocycles. The highest BCUT2D eigenvalue weighted by atomic mass is 16.5. The summed E-state index contributed by atoms with van der Waals surface area (Å²) in [6.07, 6.45) is 4.55. The van der Waals surface area contributed by atoms with E-state index in [1.54, 1.807) is 0 Å². The third-order valence-corrected chi connectivity index (χ3v) is 5.46. The Hall–Kier alpha value is -2.95. The molecule has 0 saturated carbocycles. The van der Waals surface area contributed by atoms with Crippen molar-refractivity contribution in [1.29, 1.82) is 0 Å². The Morgan fingerprint density at radius 2 is 1.67 bits per heavy atom. The van der Waals surface area contributed by atoms with Gasteiger partial charge in [-0.2, -0.15) is 0 Å². The summed E-state index contributed by atoms with van der Waals surface area (Å²) in [6, 6.07) is 14.3. The van der Waals surface area contributed by atoms with Gasteiger partial charge in [0.25, 0.3) is 0 Å². The highest BCUT2D eigenvalue weighted by Crippen LogP contribution is 2.22. The first-order valence-electron chi connectivity index (χ1n) is 10.6. The molecule has 0 aliphatic heterocycles. The molecule has 5 nitrogen and oxygen atoms in total. The molecule has 0 radical (unpaired) electrons. The lowest BCUT2D eigenvalue weighted by molar-refractivity contribution is -0.148. The predicted octanol–water partition coefficient (Wildman–Crippen LogP) is 3.67. The Balaban J connectivity index is 1.55. The monoisotopic (exact) mass is 407 g/mol. The normalized spacial score (nSPS) is 14.0. The molecule has 5 heteroatoms. The molecule has 3 rings (SSSR count). The second kappa shape index (κ2) is 10.2. The van der Waals surface area contributed by atoms with E-state index in [4.69, 9.17) is 4.74 Å². The molecule has 0 aromatic heterocycles. The molecule has 1 aliphatic rings. The van der Waals surface area contributed by atoms with Gasteiger partial charge in [0.15, 0.2) is 12.4 Å². The van der Waals surface area contributed by atoms with Crippen LogP contribution in [0.4, 0.5) is 0 Å². The zero-order valence-electron chi connectivity index (χ0n) is 17.6. The van der Waals surface area contributed by atoms with Crippen LogP contribution in [0.2, 0.25) is 0 Å². The van der Waals surface area contributed by atoms with Crippen molar-refractivity contribution in [1.82, 2.24) is 5.32 Å².